The highest BCUT2D eigenvalue weighted by molar-refractivity contribution is 6.00. The molecule has 3 rings (SSSR count). The molecule has 0 aliphatic carbocycles. The van der Waals surface area contributed by atoms with Crippen molar-refractivity contribution in [3.63, 3.8) is 0 Å². The molecular weight excluding hydrogens is 333 g/mol. The fourth-order valence-corrected chi connectivity index (χ4v) is 3.91. The van der Waals surface area contributed by atoms with Crippen molar-refractivity contribution in [1.29, 1.82) is 0 Å². The number of hydrogen-bond donors (Lipinski definition) is 1. The van der Waals surface area contributed by atoms with Crippen LogP contribution in [0.15, 0.2) is 24.3 Å². The first-order valence-corrected chi connectivity index (χ1v) is 9.63. The fraction of sp³-hybridized carbons (Fsp3) is 0.600. The summed E-state index contributed by atoms with van der Waals surface area (Å²) in [6.45, 7) is 5.26. The Hall–Kier alpha value is -1.95. The van der Waals surface area contributed by atoms with E-state index in [9.17, 15) is 14.0 Å². The highest BCUT2D eigenvalue weighted by atomic mass is 19.1. The second-order valence-corrected chi connectivity index (χ2v) is 7.38. The van der Waals surface area contributed by atoms with Gasteiger partial charge in [-0.25, -0.2) is 4.39 Å². The minimum absolute atomic E-state index is 0.108. The van der Waals surface area contributed by atoms with Gasteiger partial charge in [0.05, 0.1) is 11.6 Å². The number of carbonyl (C=O) groups is 2. The third-order valence-electron chi connectivity index (χ3n) is 5.50. The number of hydrogen-bond acceptors (Lipinski definition) is 3. The molecule has 142 valence electrons. The van der Waals surface area contributed by atoms with Crippen molar-refractivity contribution in [2.75, 3.05) is 31.1 Å². The molecule has 0 aromatic heterocycles. The second kappa shape index (κ2) is 8.62. The normalized spacial score (nSPS) is 24.1. The Morgan fingerprint density at radius 1 is 1.31 bits per heavy atom. The van der Waals surface area contributed by atoms with Crippen molar-refractivity contribution in [3.05, 3.63) is 30.1 Å². The van der Waals surface area contributed by atoms with Crippen LogP contribution >= 0.6 is 0 Å². The van der Waals surface area contributed by atoms with Crippen LogP contribution in [0.1, 0.15) is 39.0 Å². The number of piperidine rings is 1. The quantitative estimate of drug-likeness (QED) is 0.793. The SMILES string of the molecule is C[C@H]1CCCCN1CCCNC(=O)[C@@H]1CC(=O)N(c2ccccc2F)C1. The van der Waals surface area contributed by atoms with Crippen molar-refractivity contribution in [2.45, 2.75) is 45.1 Å². The molecule has 2 heterocycles. The van der Waals surface area contributed by atoms with Crippen LogP contribution < -0.4 is 10.2 Å². The predicted octanol–water partition coefficient (Wildman–Crippen LogP) is 2.56. The zero-order valence-electron chi connectivity index (χ0n) is 15.4. The van der Waals surface area contributed by atoms with Gasteiger partial charge >= 0.3 is 0 Å². The van der Waals surface area contributed by atoms with Crippen LogP contribution in [0.5, 0.6) is 0 Å². The van der Waals surface area contributed by atoms with E-state index in [1.54, 1.807) is 18.2 Å². The van der Waals surface area contributed by atoms with Gasteiger partial charge in [0, 0.05) is 32.1 Å². The summed E-state index contributed by atoms with van der Waals surface area (Å²) < 4.78 is 13.9. The maximum Gasteiger partial charge on any atom is 0.227 e. The molecule has 0 spiro atoms. The molecule has 6 heteroatoms. The largest absolute Gasteiger partial charge is 0.356 e. The van der Waals surface area contributed by atoms with Crippen molar-refractivity contribution in [3.8, 4) is 0 Å². The van der Waals surface area contributed by atoms with E-state index >= 15 is 0 Å². The lowest BCUT2D eigenvalue weighted by Crippen LogP contribution is -2.40. The van der Waals surface area contributed by atoms with E-state index < -0.39 is 11.7 Å². The predicted molar refractivity (Wildman–Crippen MR) is 99.4 cm³/mol. The Bertz CT molecular complexity index is 652. The maximum atomic E-state index is 13.9. The number of halogens is 1. The molecule has 1 N–H and O–H groups in total. The van der Waals surface area contributed by atoms with E-state index in [4.69, 9.17) is 0 Å². The summed E-state index contributed by atoms with van der Waals surface area (Å²) in [6.07, 6.45) is 4.87. The van der Waals surface area contributed by atoms with E-state index in [-0.39, 0.29) is 30.5 Å². The third-order valence-corrected chi connectivity index (χ3v) is 5.50. The van der Waals surface area contributed by atoms with Gasteiger partial charge in [-0.2, -0.15) is 0 Å². The molecular formula is C20H28FN3O2. The molecule has 0 radical (unpaired) electrons. The molecule has 0 bridgehead atoms. The summed E-state index contributed by atoms with van der Waals surface area (Å²) in [5, 5.41) is 2.95. The van der Waals surface area contributed by atoms with Gasteiger partial charge in [0.1, 0.15) is 5.82 Å². The smallest absolute Gasteiger partial charge is 0.227 e. The van der Waals surface area contributed by atoms with Gasteiger partial charge in [0.2, 0.25) is 11.8 Å². The second-order valence-electron chi connectivity index (χ2n) is 7.38. The standard InChI is InChI=1S/C20H28FN3O2/c1-15-7-4-5-11-23(15)12-6-10-22-20(26)16-13-19(25)24(14-16)18-9-3-2-8-17(18)21/h2-3,8-9,15-16H,4-7,10-14H2,1H3,(H,22,26)/t15-,16+/m0/s1. The first kappa shape index (κ1) is 18.8. The van der Waals surface area contributed by atoms with Crippen molar-refractivity contribution in [1.82, 2.24) is 10.2 Å². The molecule has 26 heavy (non-hydrogen) atoms. The molecule has 2 fully saturated rings. The molecule has 1 aromatic carbocycles. The zero-order valence-corrected chi connectivity index (χ0v) is 15.4. The van der Waals surface area contributed by atoms with E-state index in [0.717, 1.165) is 19.5 Å². The van der Waals surface area contributed by atoms with Crippen LogP contribution in [-0.4, -0.2) is 48.9 Å². The van der Waals surface area contributed by atoms with Gasteiger partial charge in [-0.3, -0.25) is 9.59 Å². The summed E-state index contributed by atoms with van der Waals surface area (Å²) in [4.78, 5) is 28.4. The number of nitrogens with one attached hydrogen (secondary N) is 1. The Morgan fingerprint density at radius 3 is 2.88 bits per heavy atom. The van der Waals surface area contributed by atoms with E-state index in [1.165, 1.54) is 30.2 Å². The molecule has 0 saturated carbocycles. The minimum Gasteiger partial charge on any atom is -0.356 e. The summed E-state index contributed by atoms with van der Waals surface area (Å²) in [7, 11) is 0. The van der Waals surface area contributed by atoms with Gasteiger partial charge in [-0.15, -0.1) is 0 Å². The first-order chi connectivity index (χ1) is 12.6. The number of nitrogens with zero attached hydrogens (tertiary/aromatic N) is 2. The number of rotatable bonds is 6. The van der Waals surface area contributed by atoms with Crippen molar-refractivity contribution >= 4 is 17.5 Å². The van der Waals surface area contributed by atoms with Crippen molar-refractivity contribution < 1.29 is 14.0 Å². The molecule has 2 amide bonds. The summed E-state index contributed by atoms with van der Waals surface area (Å²) in [5.74, 6) is -1.14. The first-order valence-electron chi connectivity index (χ1n) is 9.63. The lowest BCUT2D eigenvalue weighted by molar-refractivity contribution is -0.126. The Kier molecular flexibility index (Phi) is 6.25. The summed E-state index contributed by atoms with van der Waals surface area (Å²) >= 11 is 0. The third kappa shape index (κ3) is 4.41. The lowest BCUT2D eigenvalue weighted by atomic mass is 10.0. The number of anilines is 1. The van der Waals surface area contributed by atoms with E-state index in [1.807, 2.05) is 0 Å². The Balaban J connectivity index is 1.44. The highest BCUT2D eigenvalue weighted by Crippen LogP contribution is 2.27. The van der Waals surface area contributed by atoms with Gasteiger partial charge in [-0.1, -0.05) is 18.6 Å². The van der Waals surface area contributed by atoms with Crippen LogP contribution in [0, 0.1) is 11.7 Å². The fourth-order valence-electron chi connectivity index (χ4n) is 3.91. The van der Waals surface area contributed by atoms with Crippen LogP contribution in [0.3, 0.4) is 0 Å². The van der Waals surface area contributed by atoms with E-state index in [2.05, 4.69) is 17.1 Å². The van der Waals surface area contributed by atoms with Gasteiger partial charge in [0.25, 0.3) is 0 Å². The molecule has 2 atom stereocenters. The summed E-state index contributed by atoms with van der Waals surface area (Å²) in [5.41, 5.74) is 0.256. The number of likely N-dealkylation sites (tertiary alicyclic amines) is 1. The number of para-hydroxylation sites is 1. The lowest BCUT2D eigenvalue weighted by Gasteiger charge is -2.33. The van der Waals surface area contributed by atoms with Crippen LogP contribution in [0.25, 0.3) is 0 Å². The highest BCUT2D eigenvalue weighted by Gasteiger charge is 2.35. The average molecular weight is 361 g/mol. The van der Waals surface area contributed by atoms with Crippen molar-refractivity contribution in [2.24, 2.45) is 5.92 Å². The monoisotopic (exact) mass is 361 g/mol. The maximum absolute atomic E-state index is 13.9. The molecule has 0 unspecified atom stereocenters. The molecule has 2 aliphatic rings. The Morgan fingerprint density at radius 2 is 2.12 bits per heavy atom. The van der Waals surface area contributed by atoms with Gasteiger partial charge < -0.3 is 15.1 Å². The molecule has 5 nitrogen and oxygen atoms in total. The van der Waals surface area contributed by atoms with Gasteiger partial charge in [-0.05, 0) is 44.9 Å². The van der Waals surface area contributed by atoms with Crippen LogP contribution in [0.2, 0.25) is 0 Å². The number of benzene rings is 1. The Labute approximate surface area is 154 Å². The number of amides is 2. The van der Waals surface area contributed by atoms with Crippen LogP contribution in [-0.2, 0) is 9.59 Å². The zero-order chi connectivity index (χ0) is 18.5. The minimum atomic E-state index is -0.433. The molecule has 2 saturated heterocycles. The average Bonchev–Trinajstić information content (AvgIpc) is 3.02. The van der Waals surface area contributed by atoms with E-state index in [0.29, 0.717) is 12.6 Å². The van der Waals surface area contributed by atoms with Crippen LogP contribution in [0.4, 0.5) is 10.1 Å². The topological polar surface area (TPSA) is 52.7 Å². The number of carbonyl (C=O) groups excluding carboxylic acids is 2. The molecule has 2 aliphatic heterocycles. The molecule has 1 aromatic rings. The summed E-state index contributed by atoms with van der Waals surface area (Å²) in [6, 6.07) is 6.82. The van der Waals surface area contributed by atoms with Gasteiger partial charge in [0.15, 0.2) is 0 Å².